The van der Waals surface area contributed by atoms with Gasteiger partial charge in [-0.3, -0.25) is 4.79 Å². The van der Waals surface area contributed by atoms with Crippen LogP contribution in [0.4, 0.5) is 29.0 Å². The molecule has 1 aliphatic heterocycles. The summed E-state index contributed by atoms with van der Waals surface area (Å²) in [4.78, 5) is 26.6. The first-order chi connectivity index (χ1) is 16.8. The minimum atomic E-state index is -3.50. The fourth-order valence-electron chi connectivity index (χ4n) is 3.72. The quantitative estimate of drug-likeness (QED) is 0.476. The molecule has 1 aliphatic rings. The molecule has 3 aromatic rings. The maximum Gasteiger partial charge on any atom is 0.232 e. The summed E-state index contributed by atoms with van der Waals surface area (Å²) in [5.41, 5.74) is 2.02. The Morgan fingerprint density at radius 2 is 1.63 bits per heavy atom. The molecule has 0 amide bonds. The predicted molar refractivity (Wildman–Crippen MR) is 135 cm³/mol. The molecular formula is C24H28N6O4S. The molecule has 0 unspecified atom stereocenters. The monoisotopic (exact) mass is 496 g/mol. The van der Waals surface area contributed by atoms with Crippen molar-refractivity contribution in [2.45, 2.75) is 36.8 Å². The standard InChI is InChI=1S/C24H28N6O4S/c1-16(2)35(32,33)22-7-5-4-6-20(22)28-24-26-15-25-23(29-24)27-19-9-8-17(14-21(19)34-3)30-12-10-18(31)11-13-30/h4-9,14-16H,10-13H2,1-3H3,(H2,25,26,27,28,29). The van der Waals surface area contributed by atoms with E-state index in [-0.39, 0.29) is 22.6 Å². The molecule has 0 saturated carbocycles. The summed E-state index contributed by atoms with van der Waals surface area (Å²) in [5, 5.41) is 5.56. The molecule has 0 spiro atoms. The molecule has 184 valence electrons. The number of Topliss-reactive ketones (excluding diaryl/α,β-unsaturated/α-hetero) is 1. The van der Waals surface area contributed by atoms with Crippen molar-refractivity contribution in [1.82, 2.24) is 15.0 Å². The van der Waals surface area contributed by atoms with Crippen LogP contribution < -0.4 is 20.3 Å². The van der Waals surface area contributed by atoms with Crippen molar-refractivity contribution in [3.63, 3.8) is 0 Å². The van der Waals surface area contributed by atoms with E-state index in [0.717, 1.165) is 5.69 Å². The van der Waals surface area contributed by atoms with Crippen LogP contribution in [0, 0.1) is 0 Å². The molecule has 4 rings (SSSR count). The maximum absolute atomic E-state index is 12.7. The van der Waals surface area contributed by atoms with Crippen LogP contribution in [0.1, 0.15) is 26.7 Å². The molecule has 1 saturated heterocycles. The van der Waals surface area contributed by atoms with Crippen LogP contribution in [0.2, 0.25) is 0 Å². The van der Waals surface area contributed by atoms with Gasteiger partial charge in [0.15, 0.2) is 9.84 Å². The minimum absolute atomic E-state index is 0.182. The van der Waals surface area contributed by atoms with Crippen molar-refractivity contribution in [3.05, 3.63) is 48.8 Å². The van der Waals surface area contributed by atoms with Crippen molar-refractivity contribution < 1.29 is 17.9 Å². The first-order valence-corrected chi connectivity index (χ1v) is 12.8. The van der Waals surface area contributed by atoms with Gasteiger partial charge >= 0.3 is 0 Å². The number of anilines is 5. The van der Waals surface area contributed by atoms with E-state index in [4.69, 9.17) is 4.74 Å². The lowest BCUT2D eigenvalue weighted by Gasteiger charge is -2.28. The largest absolute Gasteiger partial charge is 0.494 e. The van der Waals surface area contributed by atoms with E-state index in [1.54, 1.807) is 45.2 Å². The molecule has 0 radical (unpaired) electrons. The molecule has 2 aromatic carbocycles. The van der Waals surface area contributed by atoms with Crippen LogP contribution in [0.3, 0.4) is 0 Å². The first-order valence-electron chi connectivity index (χ1n) is 11.3. The molecule has 0 bridgehead atoms. The van der Waals surface area contributed by atoms with Crippen molar-refractivity contribution >= 4 is 44.6 Å². The summed E-state index contributed by atoms with van der Waals surface area (Å²) >= 11 is 0. The Labute approximate surface area is 204 Å². The Morgan fingerprint density at radius 1 is 0.971 bits per heavy atom. The highest BCUT2D eigenvalue weighted by atomic mass is 32.2. The molecule has 0 aliphatic carbocycles. The lowest BCUT2D eigenvalue weighted by molar-refractivity contribution is -0.119. The zero-order chi connectivity index (χ0) is 25.0. The third kappa shape index (κ3) is 5.51. The second kappa shape index (κ2) is 10.3. The second-order valence-electron chi connectivity index (χ2n) is 8.38. The molecule has 1 aromatic heterocycles. The number of aromatic nitrogens is 3. The van der Waals surface area contributed by atoms with Gasteiger partial charge in [0.2, 0.25) is 11.9 Å². The zero-order valence-electron chi connectivity index (χ0n) is 19.9. The Balaban J connectivity index is 1.54. The van der Waals surface area contributed by atoms with Gasteiger partial charge in [-0.25, -0.2) is 18.4 Å². The predicted octanol–water partition coefficient (Wildman–Crippen LogP) is 3.72. The van der Waals surface area contributed by atoms with Crippen LogP contribution in [0.15, 0.2) is 53.7 Å². The van der Waals surface area contributed by atoms with Gasteiger partial charge in [0.05, 0.1) is 28.6 Å². The Hall–Kier alpha value is -3.73. The van der Waals surface area contributed by atoms with Crippen molar-refractivity contribution in [3.8, 4) is 5.75 Å². The fraction of sp³-hybridized carbons (Fsp3) is 0.333. The lowest BCUT2D eigenvalue weighted by atomic mass is 10.1. The number of benzene rings is 2. The Kier molecular flexibility index (Phi) is 7.15. The maximum atomic E-state index is 12.7. The smallest absolute Gasteiger partial charge is 0.232 e. The average Bonchev–Trinajstić information content (AvgIpc) is 2.85. The minimum Gasteiger partial charge on any atom is -0.494 e. The van der Waals surface area contributed by atoms with E-state index in [2.05, 4.69) is 30.5 Å². The SMILES string of the molecule is COc1cc(N2CCC(=O)CC2)ccc1Nc1ncnc(Nc2ccccc2S(=O)(=O)C(C)C)n1. The third-order valence-corrected chi connectivity index (χ3v) is 7.96. The number of sulfone groups is 1. The number of nitrogens with one attached hydrogen (secondary N) is 2. The summed E-state index contributed by atoms with van der Waals surface area (Å²) in [6, 6.07) is 12.4. The number of ether oxygens (including phenoxy) is 1. The fourth-order valence-corrected chi connectivity index (χ4v) is 4.93. The Bertz CT molecular complexity index is 1320. The number of rotatable bonds is 8. The van der Waals surface area contributed by atoms with Gasteiger partial charge in [-0.1, -0.05) is 12.1 Å². The zero-order valence-corrected chi connectivity index (χ0v) is 20.7. The second-order valence-corrected chi connectivity index (χ2v) is 10.9. The number of carbonyl (C=O) groups excluding carboxylic acids is 1. The summed E-state index contributed by atoms with van der Waals surface area (Å²) in [6.45, 7) is 4.65. The van der Waals surface area contributed by atoms with Crippen molar-refractivity contribution in [1.29, 1.82) is 0 Å². The van der Waals surface area contributed by atoms with Gasteiger partial charge in [-0.15, -0.1) is 0 Å². The van der Waals surface area contributed by atoms with E-state index in [1.807, 2.05) is 18.2 Å². The van der Waals surface area contributed by atoms with Crippen LogP contribution in [-0.4, -0.2) is 54.6 Å². The number of carbonyl (C=O) groups is 1. The van der Waals surface area contributed by atoms with Crippen molar-refractivity contribution in [2.24, 2.45) is 0 Å². The van der Waals surface area contributed by atoms with E-state index >= 15 is 0 Å². The van der Waals surface area contributed by atoms with Gasteiger partial charge in [0.1, 0.15) is 17.9 Å². The molecule has 11 heteroatoms. The topological polar surface area (TPSA) is 126 Å². The summed E-state index contributed by atoms with van der Waals surface area (Å²) in [5.74, 6) is 1.35. The van der Waals surface area contributed by atoms with Crippen molar-refractivity contribution in [2.75, 3.05) is 35.7 Å². The highest BCUT2D eigenvalue weighted by Crippen LogP contribution is 2.32. The Morgan fingerprint density at radius 3 is 2.29 bits per heavy atom. The number of methoxy groups -OCH3 is 1. The number of ketones is 1. The number of para-hydroxylation sites is 1. The van der Waals surface area contributed by atoms with E-state index in [0.29, 0.717) is 43.1 Å². The summed E-state index contributed by atoms with van der Waals surface area (Å²) in [7, 11) is -1.92. The van der Waals surface area contributed by atoms with E-state index in [9.17, 15) is 13.2 Å². The van der Waals surface area contributed by atoms with Crippen LogP contribution in [-0.2, 0) is 14.6 Å². The highest BCUT2D eigenvalue weighted by Gasteiger charge is 2.23. The average molecular weight is 497 g/mol. The molecule has 10 nitrogen and oxygen atoms in total. The normalized spacial score (nSPS) is 14.2. The summed E-state index contributed by atoms with van der Waals surface area (Å²) in [6.07, 6.45) is 2.43. The van der Waals surface area contributed by atoms with Crippen LogP contribution in [0.25, 0.3) is 0 Å². The number of hydrogen-bond acceptors (Lipinski definition) is 10. The number of piperidine rings is 1. The molecular weight excluding hydrogens is 468 g/mol. The molecule has 35 heavy (non-hydrogen) atoms. The molecule has 0 atom stereocenters. The van der Waals surface area contributed by atoms with Crippen LogP contribution >= 0.6 is 0 Å². The van der Waals surface area contributed by atoms with Gasteiger partial charge < -0.3 is 20.3 Å². The molecule has 2 N–H and O–H groups in total. The van der Waals surface area contributed by atoms with Gasteiger partial charge in [-0.05, 0) is 38.1 Å². The molecule has 1 fully saturated rings. The van der Waals surface area contributed by atoms with Gasteiger partial charge in [-0.2, -0.15) is 4.98 Å². The summed E-state index contributed by atoms with van der Waals surface area (Å²) < 4.78 is 31.0. The van der Waals surface area contributed by atoms with Crippen LogP contribution in [0.5, 0.6) is 5.75 Å². The third-order valence-electron chi connectivity index (χ3n) is 5.75. The van der Waals surface area contributed by atoms with Gasteiger partial charge in [0, 0.05) is 37.7 Å². The number of nitrogens with zero attached hydrogens (tertiary/aromatic N) is 4. The van der Waals surface area contributed by atoms with E-state index in [1.165, 1.54) is 6.33 Å². The molecule has 2 heterocycles. The van der Waals surface area contributed by atoms with Gasteiger partial charge in [0.25, 0.3) is 0 Å². The first kappa shape index (κ1) is 24.4. The lowest BCUT2D eigenvalue weighted by Crippen LogP contribution is -2.33. The highest BCUT2D eigenvalue weighted by molar-refractivity contribution is 7.92. The van der Waals surface area contributed by atoms with E-state index < -0.39 is 15.1 Å². The number of hydrogen-bond donors (Lipinski definition) is 2.